The monoisotopic (exact) mass is 477 g/mol. The topological polar surface area (TPSA) is 60.9 Å². The summed E-state index contributed by atoms with van der Waals surface area (Å²) >= 11 is 0. The predicted molar refractivity (Wildman–Crippen MR) is 130 cm³/mol. The van der Waals surface area contributed by atoms with Crippen molar-refractivity contribution in [3.8, 4) is 0 Å². The van der Waals surface area contributed by atoms with Gasteiger partial charge in [0.05, 0.1) is 19.0 Å². The van der Waals surface area contributed by atoms with Gasteiger partial charge in [0.25, 0.3) is 5.91 Å². The van der Waals surface area contributed by atoms with Crippen LogP contribution in [-0.2, 0) is 16.1 Å². The first kappa shape index (κ1) is 23.7. The van der Waals surface area contributed by atoms with Crippen molar-refractivity contribution in [1.82, 2.24) is 14.7 Å². The third-order valence-corrected chi connectivity index (χ3v) is 8.00. The summed E-state index contributed by atoms with van der Waals surface area (Å²) < 4.78 is 13.2. The summed E-state index contributed by atoms with van der Waals surface area (Å²) in [5.74, 6) is 0.655. The van der Waals surface area contributed by atoms with Crippen LogP contribution in [0.5, 0.6) is 0 Å². The lowest BCUT2D eigenvalue weighted by Crippen LogP contribution is -2.47. The van der Waals surface area contributed by atoms with E-state index in [1.54, 1.807) is 12.1 Å². The first-order valence-electron chi connectivity index (χ1n) is 12.7. The number of halogens is 1. The maximum Gasteiger partial charge on any atom is 0.253 e. The van der Waals surface area contributed by atoms with E-state index in [2.05, 4.69) is 4.90 Å². The first-order chi connectivity index (χ1) is 17.0. The highest BCUT2D eigenvalue weighted by Crippen LogP contribution is 2.34. The number of carbonyl (C=O) groups is 3. The highest BCUT2D eigenvalue weighted by molar-refractivity contribution is 6.05. The van der Waals surface area contributed by atoms with Gasteiger partial charge in [0, 0.05) is 18.7 Å². The number of hydrogen-bond donors (Lipinski definition) is 0. The Hall–Kier alpha value is -3.06. The average molecular weight is 478 g/mol. The molecule has 0 aliphatic carbocycles. The molecule has 184 valence electrons. The van der Waals surface area contributed by atoms with E-state index in [1.165, 1.54) is 17.0 Å². The molecule has 2 aromatic carbocycles. The van der Waals surface area contributed by atoms with Crippen LogP contribution in [-0.4, -0.2) is 64.6 Å². The van der Waals surface area contributed by atoms with E-state index in [-0.39, 0.29) is 36.0 Å². The van der Waals surface area contributed by atoms with Gasteiger partial charge < -0.3 is 4.90 Å². The van der Waals surface area contributed by atoms with Gasteiger partial charge in [-0.05, 0) is 80.4 Å². The van der Waals surface area contributed by atoms with E-state index in [9.17, 15) is 18.8 Å². The Labute approximate surface area is 205 Å². The number of piperidine rings is 2. The third-order valence-electron chi connectivity index (χ3n) is 8.00. The van der Waals surface area contributed by atoms with Crippen LogP contribution in [0.4, 0.5) is 4.39 Å². The Balaban J connectivity index is 1.10. The van der Waals surface area contributed by atoms with Crippen molar-refractivity contribution in [2.24, 2.45) is 11.8 Å². The lowest BCUT2D eigenvalue weighted by atomic mass is 9.78. The summed E-state index contributed by atoms with van der Waals surface area (Å²) in [7, 11) is 0. The van der Waals surface area contributed by atoms with E-state index < -0.39 is 0 Å². The summed E-state index contributed by atoms with van der Waals surface area (Å²) in [6.45, 7) is 3.47. The summed E-state index contributed by atoms with van der Waals surface area (Å²) in [6.07, 6.45) is 4.27. The molecular weight excluding hydrogens is 445 g/mol. The first-order valence-corrected chi connectivity index (χ1v) is 12.7. The van der Waals surface area contributed by atoms with Gasteiger partial charge in [-0.25, -0.2) is 4.39 Å². The molecule has 3 amide bonds. The molecule has 7 heteroatoms. The van der Waals surface area contributed by atoms with Crippen LogP contribution in [0.25, 0.3) is 0 Å². The number of amides is 3. The maximum absolute atomic E-state index is 13.2. The number of rotatable bonds is 5. The molecule has 0 spiro atoms. The van der Waals surface area contributed by atoms with Crippen molar-refractivity contribution in [1.29, 1.82) is 0 Å². The lowest BCUT2D eigenvalue weighted by molar-refractivity contribution is -0.140. The van der Waals surface area contributed by atoms with Crippen molar-refractivity contribution in [3.05, 3.63) is 71.5 Å². The Bertz CT molecular complexity index is 1060. The van der Waals surface area contributed by atoms with Crippen LogP contribution in [0.1, 0.15) is 48.0 Å². The molecule has 2 aromatic rings. The van der Waals surface area contributed by atoms with Gasteiger partial charge in [0.2, 0.25) is 11.8 Å². The fourth-order valence-electron chi connectivity index (χ4n) is 5.93. The second-order valence-electron chi connectivity index (χ2n) is 10.0. The van der Waals surface area contributed by atoms with E-state index in [4.69, 9.17) is 0 Å². The van der Waals surface area contributed by atoms with Gasteiger partial charge >= 0.3 is 0 Å². The van der Waals surface area contributed by atoms with Crippen molar-refractivity contribution in [2.45, 2.75) is 44.7 Å². The predicted octanol–water partition coefficient (Wildman–Crippen LogP) is 3.72. The summed E-state index contributed by atoms with van der Waals surface area (Å²) in [4.78, 5) is 43.8. The van der Waals surface area contributed by atoms with Crippen LogP contribution in [0, 0.1) is 17.7 Å². The Kier molecular flexibility index (Phi) is 6.95. The Morgan fingerprint density at radius 1 is 0.829 bits per heavy atom. The molecule has 3 heterocycles. The normalized spacial score (nSPS) is 22.7. The quantitative estimate of drug-likeness (QED) is 0.616. The number of hydrogen-bond acceptors (Lipinski definition) is 4. The minimum atomic E-state index is -0.334. The SMILES string of the molecule is O=C(c1ccc(F)cc1)N1CCC(C2CCN([C@@H]3CC(=O)N(Cc4ccccc4)C3=O)CC2)CC1. The molecule has 0 bridgehead atoms. The molecule has 3 fully saturated rings. The van der Waals surface area contributed by atoms with Crippen molar-refractivity contribution < 1.29 is 18.8 Å². The molecule has 3 aliphatic rings. The fraction of sp³-hybridized carbons (Fsp3) is 0.464. The molecule has 0 N–H and O–H groups in total. The van der Waals surface area contributed by atoms with Gasteiger partial charge in [0.15, 0.2) is 0 Å². The van der Waals surface area contributed by atoms with E-state index in [1.807, 2.05) is 35.2 Å². The van der Waals surface area contributed by atoms with Crippen LogP contribution in [0.15, 0.2) is 54.6 Å². The van der Waals surface area contributed by atoms with Gasteiger partial charge in [-0.2, -0.15) is 0 Å². The molecule has 35 heavy (non-hydrogen) atoms. The molecular formula is C28H32FN3O3. The molecule has 3 aliphatic heterocycles. The van der Waals surface area contributed by atoms with Gasteiger partial charge in [-0.15, -0.1) is 0 Å². The number of benzene rings is 2. The minimum absolute atomic E-state index is 0.0252. The summed E-state index contributed by atoms with van der Waals surface area (Å²) in [5, 5.41) is 0. The molecule has 1 atom stereocenters. The second-order valence-corrected chi connectivity index (χ2v) is 10.0. The van der Waals surface area contributed by atoms with Gasteiger partial charge in [-0.1, -0.05) is 30.3 Å². The maximum atomic E-state index is 13.2. The van der Waals surface area contributed by atoms with Crippen LogP contribution in [0.2, 0.25) is 0 Å². The largest absolute Gasteiger partial charge is 0.339 e. The lowest BCUT2D eigenvalue weighted by Gasteiger charge is -2.41. The summed E-state index contributed by atoms with van der Waals surface area (Å²) in [6, 6.07) is 15.1. The highest BCUT2D eigenvalue weighted by atomic mass is 19.1. The van der Waals surface area contributed by atoms with Crippen LogP contribution >= 0.6 is 0 Å². The molecule has 0 aromatic heterocycles. The van der Waals surface area contributed by atoms with Gasteiger partial charge in [0.1, 0.15) is 5.82 Å². The zero-order valence-corrected chi connectivity index (χ0v) is 19.9. The number of likely N-dealkylation sites (tertiary alicyclic amines) is 3. The van der Waals surface area contributed by atoms with Crippen molar-refractivity contribution >= 4 is 17.7 Å². The number of imide groups is 1. The van der Waals surface area contributed by atoms with Crippen molar-refractivity contribution in [3.63, 3.8) is 0 Å². The highest BCUT2D eigenvalue weighted by Gasteiger charge is 2.43. The second kappa shape index (κ2) is 10.3. The van der Waals surface area contributed by atoms with E-state index in [0.717, 1.165) is 57.4 Å². The zero-order valence-electron chi connectivity index (χ0n) is 19.9. The third kappa shape index (κ3) is 5.15. The Morgan fingerprint density at radius 3 is 2.06 bits per heavy atom. The van der Waals surface area contributed by atoms with Gasteiger partial charge in [-0.3, -0.25) is 24.2 Å². The van der Waals surface area contributed by atoms with Crippen LogP contribution < -0.4 is 0 Å². The zero-order chi connectivity index (χ0) is 24.4. The number of carbonyl (C=O) groups excluding carboxylic acids is 3. The molecule has 3 saturated heterocycles. The summed E-state index contributed by atoms with van der Waals surface area (Å²) in [5.41, 5.74) is 1.51. The fourth-order valence-corrected chi connectivity index (χ4v) is 5.93. The van der Waals surface area contributed by atoms with Crippen molar-refractivity contribution in [2.75, 3.05) is 26.2 Å². The van der Waals surface area contributed by atoms with E-state index >= 15 is 0 Å². The molecule has 5 rings (SSSR count). The van der Waals surface area contributed by atoms with Crippen LogP contribution in [0.3, 0.4) is 0 Å². The minimum Gasteiger partial charge on any atom is -0.339 e. The molecule has 6 nitrogen and oxygen atoms in total. The number of nitrogens with zero attached hydrogens (tertiary/aromatic N) is 3. The standard InChI is InChI=1S/C28H32FN3O3/c29-24-8-6-23(7-9-24)27(34)31-16-12-22(13-17-31)21-10-14-30(15-11-21)25-18-26(33)32(28(25)35)19-20-4-2-1-3-5-20/h1-9,21-22,25H,10-19H2/t25-/m1/s1. The average Bonchev–Trinajstić information content (AvgIpc) is 3.18. The smallest absolute Gasteiger partial charge is 0.253 e. The molecule has 0 saturated carbocycles. The molecule has 0 unspecified atom stereocenters. The Morgan fingerprint density at radius 2 is 1.43 bits per heavy atom. The van der Waals surface area contributed by atoms with E-state index in [0.29, 0.717) is 23.9 Å². The molecule has 0 radical (unpaired) electrons.